The number of hydrogen-bond acceptors (Lipinski definition) is 2. The van der Waals surface area contributed by atoms with Gasteiger partial charge in [0, 0.05) is 11.0 Å². The van der Waals surface area contributed by atoms with Crippen LogP contribution >= 0.6 is 0 Å². The molecule has 4 fully saturated rings. The van der Waals surface area contributed by atoms with E-state index in [2.05, 4.69) is 20.4 Å². The molecule has 0 aromatic rings. The summed E-state index contributed by atoms with van der Waals surface area (Å²) < 4.78 is 6.18. The molecule has 4 saturated carbocycles. The minimum atomic E-state index is -0.217. The molecule has 0 heterocycles. The summed E-state index contributed by atoms with van der Waals surface area (Å²) in [5, 5.41) is 0. The standard InChI is InChI=1S/C18H28O2/c1-5-17-10-13-7-14(11-17)9-15(8-13)18(17,6-2)20-16(19)12(3)4/h13-15H,3,5-11H2,1-2,4H3. The fraction of sp³-hybridized carbons (Fsp3) is 0.833. The molecule has 4 bridgehead atoms. The first kappa shape index (κ1) is 14.2. The number of ether oxygens (including phenoxy) is 1. The van der Waals surface area contributed by atoms with E-state index >= 15 is 0 Å². The molecular weight excluding hydrogens is 248 g/mol. The van der Waals surface area contributed by atoms with Gasteiger partial charge in [-0.2, -0.15) is 0 Å². The topological polar surface area (TPSA) is 26.3 Å². The minimum absolute atomic E-state index is 0.174. The van der Waals surface area contributed by atoms with Gasteiger partial charge < -0.3 is 4.74 Å². The van der Waals surface area contributed by atoms with E-state index in [1.54, 1.807) is 6.92 Å². The lowest BCUT2D eigenvalue weighted by atomic mass is 9.42. The van der Waals surface area contributed by atoms with Crippen molar-refractivity contribution in [1.29, 1.82) is 0 Å². The summed E-state index contributed by atoms with van der Waals surface area (Å²) in [6.07, 6.45) is 8.62. The number of carbonyl (C=O) groups is 1. The van der Waals surface area contributed by atoms with Gasteiger partial charge in [-0.25, -0.2) is 4.79 Å². The average Bonchev–Trinajstić information content (AvgIpc) is 2.41. The van der Waals surface area contributed by atoms with Crippen molar-refractivity contribution in [3.63, 3.8) is 0 Å². The van der Waals surface area contributed by atoms with E-state index in [4.69, 9.17) is 4.74 Å². The number of rotatable bonds is 4. The fourth-order valence-electron chi connectivity index (χ4n) is 6.01. The van der Waals surface area contributed by atoms with Gasteiger partial charge >= 0.3 is 5.97 Å². The van der Waals surface area contributed by atoms with Crippen LogP contribution in [0.5, 0.6) is 0 Å². The van der Waals surface area contributed by atoms with E-state index in [1.165, 1.54) is 32.1 Å². The highest BCUT2D eigenvalue weighted by Gasteiger charge is 2.65. The summed E-state index contributed by atoms with van der Waals surface area (Å²) in [5.41, 5.74) is 0.560. The Bertz CT molecular complexity index is 425. The summed E-state index contributed by atoms with van der Waals surface area (Å²) in [6, 6.07) is 0. The highest BCUT2D eigenvalue weighted by Crippen LogP contribution is 2.68. The monoisotopic (exact) mass is 276 g/mol. The first-order valence-electron chi connectivity index (χ1n) is 8.35. The van der Waals surface area contributed by atoms with Crippen molar-refractivity contribution in [3.05, 3.63) is 12.2 Å². The van der Waals surface area contributed by atoms with Crippen molar-refractivity contribution in [2.45, 2.75) is 71.3 Å². The second kappa shape index (κ2) is 4.61. The smallest absolute Gasteiger partial charge is 0.333 e. The highest BCUT2D eigenvalue weighted by atomic mass is 16.6. The molecule has 0 aliphatic heterocycles. The Morgan fingerprint density at radius 3 is 2.20 bits per heavy atom. The number of esters is 1. The van der Waals surface area contributed by atoms with Gasteiger partial charge in [0.25, 0.3) is 0 Å². The molecule has 2 nitrogen and oxygen atoms in total. The summed E-state index contributed by atoms with van der Waals surface area (Å²) in [6.45, 7) is 10.1. The first-order chi connectivity index (χ1) is 9.46. The molecule has 0 spiro atoms. The molecule has 20 heavy (non-hydrogen) atoms. The van der Waals surface area contributed by atoms with Crippen molar-refractivity contribution in [2.75, 3.05) is 0 Å². The molecule has 4 aliphatic carbocycles. The van der Waals surface area contributed by atoms with Gasteiger partial charge in [-0.3, -0.25) is 0 Å². The van der Waals surface area contributed by atoms with Gasteiger partial charge in [-0.05, 0) is 69.6 Å². The van der Waals surface area contributed by atoms with Crippen LogP contribution in [0.15, 0.2) is 12.2 Å². The average molecular weight is 276 g/mol. The van der Waals surface area contributed by atoms with Crippen LogP contribution in [0, 0.1) is 23.2 Å². The van der Waals surface area contributed by atoms with Gasteiger partial charge in [-0.1, -0.05) is 20.4 Å². The lowest BCUT2D eigenvalue weighted by Crippen LogP contribution is -2.65. The molecule has 112 valence electrons. The van der Waals surface area contributed by atoms with Crippen molar-refractivity contribution >= 4 is 5.97 Å². The molecule has 0 N–H and O–H groups in total. The van der Waals surface area contributed by atoms with Gasteiger partial charge in [0.05, 0.1) is 0 Å². The zero-order valence-corrected chi connectivity index (χ0v) is 13.2. The van der Waals surface area contributed by atoms with E-state index in [0.29, 0.717) is 11.5 Å². The van der Waals surface area contributed by atoms with Gasteiger partial charge in [-0.15, -0.1) is 0 Å². The molecule has 2 heteroatoms. The molecule has 0 aromatic heterocycles. The predicted molar refractivity (Wildman–Crippen MR) is 80.2 cm³/mol. The second-order valence-electron chi connectivity index (χ2n) is 7.59. The van der Waals surface area contributed by atoms with Crippen LogP contribution in [-0.2, 0) is 9.53 Å². The summed E-state index contributed by atoms with van der Waals surface area (Å²) >= 11 is 0. The highest BCUT2D eigenvalue weighted by molar-refractivity contribution is 5.87. The molecule has 0 radical (unpaired) electrons. The summed E-state index contributed by atoms with van der Waals surface area (Å²) in [7, 11) is 0. The first-order valence-corrected chi connectivity index (χ1v) is 8.35. The van der Waals surface area contributed by atoms with Crippen molar-refractivity contribution in [1.82, 2.24) is 0 Å². The van der Waals surface area contributed by atoms with Crippen molar-refractivity contribution in [3.8, 4) is 0 Å². The molecule has 4 rings (SSSR count). The Kier molecular flexibility index (Phi) is 3.26. The minimum Gasteiger partial charge on any atom is -0.455 e. The zero-order chi connectivity index (χ0) is 14.5. The maximum atomic E-state index is 12.2. The number of carbonyl (C=O) groups excluding carboxylic acids is 1. The Morgan fingerprint density at radius 1 is 1.15 bits per heavy atom. The molecule has 4 aliphatic rings. The normalized spacial score (nSPS) is 45.5. The van der Waals surface area contributed by atoms with Crippen LogP contribution in [-0.4, -0.2) is 11.6 Å². The van der Waals surface area contributed by atoms with Crippen LogP contribution in [0.4, 0.5) is 0 Å². The Hall–Kier alpha value is -0.790. The van der Waals surface area contributed by atoms with E-state index in [-0.39, 0.29) is 17.0 Å². The summed E-state index contributed by atoms with van der Waals surface area (Å²) in [4.78, 5) is 12.2. The molecule has 3 atom stereocenters. The quantitative estimate of drug-likeness (QED) is 0.558. The molecular formula is C18H28O2. The van der Waals surface area contributed by atoms with E-state index in [1.807, 2.05) is 0 Å². The van der Waals surface area contributed by atoms with Crippen LogP contribution in [0.1, 0.15) is 65.7 Å². The van der Waals surface area contributed by atoms with Crippen molar-refractivity contribution in [2.24, 2.45) is 23.2 Å². The largest absolute Gasteiger partial charge is 0.455 e. The van der Waals surface area contributed by atoms with Crippen LogP contribution in [0.3, 0.4) is 0 Å². The third kappa shape index (κ3) is 1.72. The van der Waals surface area contributed by atoms with E-state index in [9.17, 15) is 4.79 Å². The van der Waals surface area contributed by atoms with Crippen LogP contribution in [0.25, 0.3) is 0 Å². The number of hydrogen-bond donors (Lipinski definition) is 0. The Labute approximate surface area is 123 Å². The molecule has 3 unspecified atom stereocenters. The molecule has 0 aromatic carbocycles. The SMILES string of the molecule is C=C(C)C(=O)OC1(CC)C2CC3CC(C2)CC1(CC)C3. The Morgan fingerprint density at radius 2 is 1.75 bits per heavy atom. The third-order valence-corrected chi connectivity index (χ3v) is 6.64. The lowest BCUT2D eigenvalue weighted by molar-refractivity contribution is -0.247. The zero-order valence-electron chi connectivity index (χ0n) is 13.2. The second-order valence-corrected chi connectivity index (χ2v) is 7.59. The molecule has 0 saturated heterocycles. The van der Waals surface area contributed by atoms with Crippen LogP contribution < -0.4 is 0 Å². The van der Waals surface area contributed by atoms with E-state index in [0.717, 1.165) is 24.7 Å². The Balaban J connectivity index is 1.99. The fourth-order valence-corrected chi connectivity index (χ4v) is 6.01. The van der Waals surface area contributed by atoms with E-state index < -0.39 is 0 Å². The predicted octanol–water partition coefficient (Wildman–Crippen LogP) is 4.49. The van der Waals surface area contributed by atoms with Crippen LogP contribution in [0.2, 0.25) is 0 Å². The van der Waals surface area contributed by atoms with Gasteiger partial charge in [0.1, 0.15) is 5.60 Å². The maximum absolute atomic E-state index is 12.2. The van der Waals surface area contributed by atoms with Gasteiger partial charge in [0.2, 0.25) is 0 Å². The summed E-state index contributed by atoms with van der Waals surface area (Å²) in [5.74, 6) is 2.18. The van der Waals surface area contributed by atoms with Gasteiger partial charge in [0.15, 0.2) is 0 Å². The van der Waals surface area contributed by atoms with Crippen molar-refractivity contribution < 1.29 is 9.53 Å². The lowest BCUT2D eigenvalue weighted by Gasteiger charge is -2.66. The maximum Gasteiger partial charge on any atom is 0.333 e. The molecule has 0 amide bonds. The third-order valence-electron chi connectivity index (χ3n) is 6.64.